The molecule has 0 aliphatic heterocycles. The van der Waals surface area contributed by atoms with Gasteiger partial charge in [-0.15, -0.1) is 0 Å². The minimum absolute atomic E-state index is 0.0148. The SMILES string of the molecule is COc1ccc([N+](=O)[O-])c(NCc2ccccc2CN)c1. The first-order valence-corrected chi connectivity index (χ1v) is 6.49. The van der Waals surface area contributed by atoms with Gasteiger partial charge in [-0.25, -0.2) is 0 Å². The van der Waals surface area contributed by atoms with Gasteiger partial charge < -0.3 is 15.8 Å². The predicted molar refractivity (Wildman–Crippen MR) is 81.3 cm³/mol. The van der Waals surface area contributed by atoms with Crippen LogP contribution in [0.2, 0.25) is 0 Å². The maximum atomic E-state index is 11.1. The Hall–Kier alpha value is -2.60. The van der Waals surface area contributed by atoms with E-state index >= 15 is 0 Å². The van der Waals surface area contributed by atoms with E-state index in [1.165, 1.54) is 13.2 Å². The summed E-state index contributed by atoms with van der Waals surface area (Å²) in [4.78, 5) is 10.6. The molecule has 6 nitrogen and oxygen atoms in total. The topological polar surface area (TPSA) is 90.4 Å². The van der Waals surface area contributed by atoms with Crippen molar-refractivity contribution >= 4 is 11.4 Å². The summed E-state index contributed by atoms with van der Waals surface area (Å²) in [5.41, 5.74) is 8.15. The lowest BCUT2D eigenvalue weighted by Gasteiger charge is -2.11. The van der Waals surface area contributed by atoms with Crippen molar-refractivity contribution < 1.29 is 9.66 Å². The zero-order valence-electron chi connectivity index (χ0n) is 11.7. The highest BCUT2D eigenvalue weighted by molar-refractivity contribution is 5.64. The third-order valence-corrected chi connectivity index (χ3v) is 3.21. The maximum Gasteiger partial charge on any atom is 0.292 e. The molecule has 2 aromatic rings. The lowest BCUT2D eigenvalue weighted by molar-refractivity contribution is -0.384. The molecule has 0 heterocycles. The molecule has 0 spiro atoms. The number of anilines is 1. The molecule has 0 radical (unpaired) electrons. The van der Waals surface area contributed by atoms with Crippen LogP contribution in [0.5, 0.6) is 5.75 Å². The summed E-state index contributed by atoms with van der Waals surface area (Å²) < 4.78 is 5.10. The molecule has 21 heavy (non-hydrogen) atoms. The van der Waals surface area contributed by atoms with Crippen molar-refractivity contribution in [3.05, 3.63) is 63.7 Å². The van der Waals surface area contributed by atoms with Crippen LogP contribution in [0.3, 0.4) is 0 Å². The van der Waals surface area contributed by atoms with Gasteiger partial charge in [0.2, 0.25) is 0 Å². The highest BCUT2D eigenvalue weighted by Gasteiger charge is 2.14. The number of nitro benzene ring substituents is 1. The van der Waals surface area contributed by atoms with Crippen LogP contribution in [0.1, 0.15) is 11.1 Å². The number of rotatable bonds is 6. The van der Waals surface area contributed by atoms with Crippen LogP contribution in [0.15, 0.2) is 42.5 Å². The normalized spacial score (nSPS) is 10.2. The van der Waals surface area contributed by atoms with Crippen molar-refractivity contribution in [3.63, 3.8) is 0 Å². The molecule has 0 unspecified atom stereocenters. The number of benzene rings is 2. The fourth-order valence-electron chi connectivity index (χ4n) is 2.06. The standard InChI is InChI=1S/C15H17N3O3/c1-21-13-6-7-15(18(19)20)14(8-13)17-10-12-5-3-2-4-11(12)9-16/h2-8,17H,9-10,16H2,1H3. The smallest absolute Gasteiger partial charge is 0.292 e. The maximum absolute atomic E-state index is 11.1. The van der Waals surface area contributed by atoms with Crippen molar-refractivity contribution in [2.45, 2.75) is 13.1 Å². The van der Waals surface area contributed by atoms with E-state index in [0.29, 0.717) is 24.5 Å². The molecule has 110 valence electrons. The van der Waals surface area contributed by atoms with Crippen LogP contribution in [-0.2, 0) is 13.1 Å². The molecule has 0 fully saturated rings. The lowest BCUT2D eigenvalue weighted by Crippen LogP contribution is -2.07. The first kappa shape index (κ1) is 14.8. The Morgan fingerprint density at radius 1 is 1.24 bits per heavy atom. The molecule has 0 bridgehead atoms. The molecule has 2 rings (SSSR count). The van der Waals surface area contributed by atoms with Crippen LogP contribution >= 0.6 is 0 Å². The van der Waals surface area contributed by atoms with Gasteiger partial charge in [0.1, 0.15) is 11.4 Å². The van der Waals surface area contributed by atoms with E-state index in [0.717, 1.165) is 11.1 Å². The van der Waals surface area contributed by atoms with Gasteiger partial charge in [-0.2, -0.15) is 0 Å². The van der Waals surface area contributed by atoms with Crippen LogP contribution in [0.25, 0.3) is 0 Å². The molecule has 0 aliphatic carbocycles. The number of nitrogens with one attached hydrogen (secondary N) is 1. The summed E-state index contributed by atoms with van der Waals surface area (Å²) in [5, 5.41) is 14.1. The molecule has 6 heteroatoms. The number of nitrogens with zero attached hydrogens (tertiary/aromatic N) is 1. The summed E-state index contributed by atoms with van der Waals surface area (Å²) in [6, 6.07) is 12.3. The Labute approximate surface area is 122 Å². The van der Waals surface area contributed by atoms with Gasteiger partial charge in [-0.3, -0.25) is 10.1 Å². The Balaban J connectivity index is 2.24. The average Bonchev–Trinajstić information content (AvgIpc) is 2.52. The Morgan fingerprint density at radius 2 is 1.95 bits per heavy atom. The van der Waals surface area contributed by atoms with Crippen molar-refractivity contribution in [2.75, 3.05) is 12.4 Å². The molecule has 0 aliphatic rings. The van der Waals surface area contributed by atoms with Crippen molar-refractivity contribution in [3.8, 4) is 5.75 Å². The third kappa shape index (κ3) is 3.49. The quantitative estimate of drug-likeness (QED) is 0.629. The fourth-order valence-corrected chi connectivity index (χ4v) is 2.06. The van der Waals surface area contributed by atoms with Crippen LogP contribution in [0, 0.1) is 10.1 Å². The Kier molecular flexibility index (Phi) is 4.73. The van der Waals surface area contributed by atoms with Crippen molar-refractivity contribution in [2.24, 2.45) is 5.73 Å². The van der Waals surface area contributed by atoms with E-state index < -0.39 is 4.92 Å². The predicted octanol–water partition coefficient (Wildman–Crippen LogP) is 2.67. The minimum atomic E-state index is -0.420. The van der Waals surface area contributed by atoms with Crippen LogP contribution in [-0.4, -0.2) is 12.0 Å². The van der Waals surface area contributed by atoms with Gasteiger partial charge in [0.15, 0.2) is 0 Å². The highest BCUT2D eigenvalue weighted by Crippen LogP contribution is 2.29. The number of hydrogen-bond acceptors (Lipinski definition) is 5. The first-order chi connectivity index (χ1) is 10.2. The first-order valence-electron chi connectivity index (χ1n) is 6.49. The molecule has 0 saturated carbocycles. The number of nitro groups is 1. The minimum Gasteiger partial charge on any atom is -0.497 e. The Morgan fingerprint density at radius 3 is 2.57 bits per heavy atom. The molecule has 0 amide bonds. The Bertz CT molecular complexity index is 644. The van der Waals surface area contributed by atoms with Crippen LogP contribution in [0.4, 0.5) is 11.4 Å². The zero-order chi connectivity index (χ0) is 15.2. The van der Waals surface area contributed by atoms with Crippen LogP contribution < -0.4 is 15.8 Å². The second-order valence-electron chi connectivity index (χ2n) is 4.47. The van der Waals surface area contributed by atoms with Gasteiger partial charge in [-0.1, -0.05) is 24.3 Å². The number of hydrogen-bond donors (Lipinski definition) is 2. The van der Waals surface area contributed by atoms with Gasteiger partial charge in [0, 0.05) is 25.2 Å². The van der Waals surface area contributed by atoms with E-state index in [-0.39, 0.29) is 5.69 Å². The van der Waals surface area contributed by atoms with Gasteiger partial charge in [0.25, 0.3) is 5.69 Å². The highest BCUT2D eigenvalue weighted by atomic mass is 16.6. The number of nitrogens with two attached hydrogens (primary N) is 1. The third-order valence-electron chi connectivity index (χ3n) is 3.21. The van der Waals surface area contributed by atoms with Gasteiger partial charge in [0.05, 0.1) is 12.0 Å². The van der Waals surface area contributed by atoms with Gasteiger partial charge in [-0.05, 0) is 17.2 Å². The van der Waals surface area contributed by atoms with E-state index in [4.69, 9.17) is 10.5 Å². The van der Waals surface area contributed by atoms with Gasteiger partial charge >= 0.3 is 0 Å². The molecule has 3 N–H and O–H groups in total. The molecule has 0 atom stereocenters. The second-order valence-corrected chi connectivity index (χ2v) is 4.47. The fraction of sp³-hybridized carbons (Fsp3) is 0.200. The van der Waals surface area contributed by atoms with Crippen molar-refractivity contribution in [1.82, 2.24) is 0 Å². The lowest BCUT2D eigenvalue weighted by atomic mass is 10.1. The van der Waals surface area contributed by atoms with Crippen molar-refractivity contribution in [1.29, 1.82) is 0 Å². The summed E-state index contributed by atoms with van der Waals surface area (Å²) in [5.74, 6) is 0.565. The zero-order valence-corrected chi connectivity index (χ0v) is 11.7. The molecular weight excluding hydrogens is 270 g/mol. The van der Waals surface area contributed by atoms with E-state index in [9.17, 15) is 10.1 Å². The summed E-state index contributed by atoms with van der Waals surface area (Å²) in [6.07, 6.45) is 0. The van der Waals surface area contributed by atoms with E-state index in [1.54, 1.807) is 12.1 Å². The summed E-state index contributed by atoms with van der Waals surface area (Å²) in [6.45, 7) is 0.888. The molecular formula is C15H17N3O3. The molecule has 0 saturated heterocycles. The second kappa shape index (κ2) is 6.71. The summed E-state index contributed by atoms with van der Waals surface area (Å²) in [7, 11) is 1.52. The van der Waals surface area contributed by atoms with E-state index in [2.05, 4.69) is 5.32 Å². The number of ether oxygens (including phenoxy) is 1. The largest absolute Gasteiger partial charge is 0.497 e. The average molecular weight is 287 g/mol. The van der Waals surface area contributed by atoms with E-state index in [1.807, 2.05) is 24.3 Å². The molecule has 0 aromatic heterocycles. The molecule has 2 aromatic carbocycles. The summed E-state index contributed by atoms with van der Waals surface area (Å²) >= 11 is 0. The number of methoxy groups -OCH3 is 1. The monoisotopic (exact) mass is 287 g/mol.